The van der Waals surface area contributed by atoms with Gasteiger partial charge in [-0.25, -0.2) is 0 Å². The first-order valence-electron chi connectivity index (χ1n) is 50.5. The molecule has 0 aliphatic heterocycles. The lowest BCUT2D eigenvalue weighted by molar-refractivity contribution is 0.0521. The molecule has 20 fully saturated rings. The van der Waals surface area contributed by atoms with Gasteiger partial charge in [0.15, 0.2) is 0 Å². The fourth-order valence-corrected chi connectivity index (χ4v) is 39.3. The molecule has 45 unspecified atom stereocenters. The number of hydrogen-bond donors (Lipinski definition) is 1. The van der Waals surface area contributed by atoms with Crippen molar-refractivity contribution in [2.24, 2.45) is 260 Å². The molecule has 0 aromatic rings. The monoisotopic (exact) mass is 1750 g/mol. The molecule has 18 bridgehead atoms. The van der Waals surface area contributed by atoms with E-state index in [4.69, 9.17) is 16.9 Å². The summed E-state index contributed by atoms with van der Waals surface area (Å²) in [7, 11) is 0. The first-order valence-corrected chi connectivity index (χ1v) is 50.9. The van der Waals surface area contributed by atoms with Crippen LogP contribution in [0.5, 0.6) is 0 Å². The third-order valence-electron chi connectivity index (χ3n) is 41.9. The van der Waals surface area contributed by atoms with E-state index in [0.29, 0.717) is 23.8 Å². The zero-order valence-electron chi connectivity index (χ0n) is 73.2. The van der Waals surface area contributed by atoms with Gasteiger partial charge >= 0.3 is 0 Å². The standard InChI is InChI=1S/C16H26.2C14H24.C14H22.C12H19N.C12H22O.C11H19Cl.C11H20.16CH4/c1-3-11-12(4-2)14-8-13(11)15-9-5-6-10(7-9)16(14)15;1-3-9-8-13-10-5-6-11(7-10)14(13)12(9)4-2;2*1-3-9-10(4-2)14-8-13(9)11-6-5-7-12(11)14;2*1-3-10-8-5-9(7-13)12(6-8)11(10)4-2;1-3-8-7-5-10(9(8)4-2)11(12)6-7;1-3-10-8-5-6-9(7-8)11(10)4-2;;;;;;;;;;;;;;;;/h9-16H,3-8H2,1-2H3;2*9-14H,3-8H2,1-2H3;5-6,9-14H,3-4,7-8H2,1-2H3;8-12H,3-6H2,1-2H3;8-13H,3-7H2,1-2H3;7-11H,3-6H2,1-2H3;8-11H,3-7H2,1-2H3;16*1H4. The van der Waals surface area contributed by atoms with Gasteiger partial charge in [0.25, 0.3) is 0 Å². The second kappa shape index (κ2) is 56.0. The lowest BCUT2D eigenvalue weighted by Gasteiger charge is -2.43. The van der Waals surface area contributed by atoms with E-state index < -0.39 is 0 Å². The molecular weight excluding hydrogens is 1510 g/mol. The van der Waals surface area contributed by atoms with Crippen LogP contribution in [0.2, 0.25) is 0 Å². The Morgan fingerprint density at radius 1 is 0.252 bits per heavy atom. The van der Waals surface area contributed by atoms with Crippen molar-refractivity contribution in [2.75, 3.05) is 6.61 Å². The Kier molecular flexibility index (Phi) is 57.6. The number of aliphatic hydroxyl groups excluding tert-OH is 1. The lowest BCUT2D eigenvalue weighted by Crippen LogP contribution is -2.37. The molecule has 0 spiro atoms. The topological polar surface area (TPSA) is 44.0 Å². The molecule has 2 nitrogen and oxygen atoms in total. The van der Waals surface area contributed by atoms with E-state index in [-0.39, 0.29) is 119 Å². The van der Waals surface area contributed by atoms with Gasteiger partial charge < -0.3 is 5.11 Å². The van der Waals surface area contributed by atoms with E-state index in [1.54, 1.807) is 103 Å². The van der Waals surface area contributed by atoms with Crippen LogP contribution in [0.3, 0.4) is 0 Å². The van der Waals surface area contributed by atoms with Crippen molar-refractivity contribution < 1.29 is 5.11 Å². The van der Waals surface area contributed by atoms with E-state index in [1.807, 2.05) is 0 Å². The van der Waals surface area contributed by atoms with Crippen molar-refractivity contribution in [3.8, 4) is 6.07 Å². The minimum Gasteiger partial charge on any atom is -0.396 e. The summed E-state index contributed by atoms with van der Waals surface area (Å²) in [4.78, 5) is 0. The molecule has 0 radical (unpaired) electrons. The number of nitrogens with zero attached hydrogens (tertiary/aromatic N) is 1. The molecule has 20 saturated carbocycles. The van der Waals surface area contributed by atoms with E-state index in [2.05, 4.69) is 129 Å². The van der Waals surface area contributed by atoms with Crippen molar-refractivity contribution >= 4 is 11.6 Å². The van der Waals surface area contributed by atoms with E-state index in [1.165, 1.54) is 207 Å². The molecule has 45 atom stereocenters. The predicted molar refractivity (Wildman–Crippen MR) is 564 cm³/mol. The highest BCUT2D eigenvalue weighted by Crippen LogP contribution is 2.72. The van der Waals surface area contributed by atoms with Crippen LogP contribution in [0, 0.1) is 272 Å². The van der Waals surface area contributed by atoms with Crippen LogP contribution in [-0.4, -0.2) is 17.1 Å². The number of nitriles is 1. The molecule has 21 aliphatic carbocycles. The second-order valence-electron chi connectivity index (χ2n) is 43.6. The highest BCUT2D eigenvalue weighted by Gasteiger charge is 2.65. The molecule has 0 amide bonds. The molecule has 21 rings (SSSR count). The molecule has 3 heteroatoms. The first-order chi connectivity index (χ1) is 52.2. The number of fused-ring (bicyclic) bond motifs is 32. The van der Waals surface area contributed by atoms with Crippen LogP contribution in [0.15, 0.2) is 12.2 Å². The summed E-state index contributed by atoms with van der Waals surface area (Å²) in [5.74, 6) is 46.0. The zero-order valence-corrected chi connectivity index (χ0v) is 73.9. The molecule has 1 N–H and O–H groups in total. The Labute approximate surface area is 787 Å². The Morgan fingerprint density at radius 2 is 0.577 bits per heavy atom. The molecule has 21 aliphatic rings. The minimum absolute atomic E-state index is 0. The number of halogens is 1. The predicted octanol–water partition coefficient (Wildman–Crippen LogP) is 39.7. The summed E-state index contributed by atoms with van der Waals surface area (Å²) in [6, 6.07) is 2.50. The van der Waals surface area contributed by atoms with Crippen molar-refractivity contribution in [1.82, 2.24) is 0 Å². The number of hydrogen-bond acceptors (Lipinski definition) is 2. The average molecular weight is 1750 g/mol. The Bertz CT molecular complexity index is 2740. The molecule has 123 heavy (non-hydrogen) atoms. The van der Waals surface area contributed by atoms with Crippen LogP contribution >= 0.6 is 11.6 Å². The molecule has 0 saturated heterocycles. The number of aliphatic hydroxyl groups is 1. The van der Waals surface area contributed by atoms with Gasteiger partial charge in [-0.3, -0.25) is 0 Å². The summed E-state index contributed by atoms with van der Waals surface area (Å²) >= 11 is 6.30. The SMILES string of the molecule is C.C.C.C.C.C.C.C.C.C.C.C.C.C.C.C.CCC1C(CC)C2CC1C1C3CCC(C3)C21.CCC1C(CC)C2CC1C1CCCC12.CCC1C2CC(C#N)C(C2)C1CC.CCC1C2CC(C3CC=CC23)C1CC.CCC1C2CC(CO)C(C2)C1CC.CCC1C2CC(Cl)C(C2)C1CC.CCC1C2CCC(C2)C1CC.CCC1CC2C3CCC(C3)C2C1CC. The third kappa shape index (κ3) is 23.0. The summed E-state index contributed by atoms with van der Waals surface area (Å²) in [5, 5.41) is 18.8. The minimum atomic E-state index is 0. The largest absolute Gasteiger partial charge is 0.396 e. The van der Waals surface area contributed by atoms with Gasteiger partial charge in [-0.15, -0.1) is 11.6 Å². The van der Waals surface area contributed by atoms with Crippen LogP contribution < -0.4 is 0 Å². The Morgan fingerprint density at radius 3 is 1.02 bits per heavy atom. The normalized spacial score (nSPS) is 46.4. The van der Waals surface area contributed by atoms with Gasteiger partial charge in [-0.2, -0.15) is 5.26 Å². The van der Waals surface area contributed by atoms with E-state index in [9.17, 15) is 5.11 Å². The van der Waals surface area contributed by atoms with Gasteiger partial charge in [-0.1, -0.05) is 351 Å². The maximum Gasteiger partial charge on any atom is 0.0658 e. The Balaban J connectivity index is -0.00000132. The van der Waals surface area contributed by atoms with E-state index >= 15 is 0 Å². The summed E-state index contributed by atoms with van der Waals surface area (Å²) in [6.45, 7) is 38.6. The third-order valence-corrected chi connectivity index (χ3v) is 42.4. The quantitative estimate of drug-likeness (QED) is 0.0896. The van der Waals surface area contributed by atoms with Crippen LogP contribution in [0.4, 0.5) is 0 Å². The number of rotatable bonds is 17. The second-order valence-corrected chi connectivity index (χ2v) is 44.2. The molecular formula is C120H240ClNO. The number of allylic oxidation sites excluding steroid dienone is 2. The Hall–Kier alpha value is -0.520. The summed E-state index contributed by atoms with van der Waals surface area (Å²) in [6.07, 6.45) is 62.4. The zero-order chi connectivity index (χ0) is 75.4. The molecule has 738 valence electrons. The summed E-state index contributed by atoms with van der Waals surface area (Å²) < 4.78 is 0. The van der Waals surface area contributed by atoms with Crippen molar-refractivity contribution in [2.45, 2.75) is 485 Å². The lowest BCUT2D eigenvalue weighted by atomic mass is 9.62. The number of alkyl halides is 1. The maximum atomic E-state index is 9.26. The van der Waals surface area contributed by atoms with Gasteiger partial charge in [0.2, 0.25) is 0 Å². The van der Waals surface area contributed by atoms with Gasteiger partial charge in [0.05, 0.1) is 6.07 Å². The fourth-order valence-electron chi connectivity index (χ4n) is 38.8. The highest BCUT2D eigenvalue weighted by molar-refractivity contribution is 6.21. The van der Waals surface area contributed by atoms with Crippen molar-refractivity contribution in [3.63, 3.8) is 0 Å². The first kappa shape index (κ1) is 127. The highest BCUT2D eigenvalue weighted by atomic mass is 35.5. The van der Waals surface area contributed by atoms with Gasteiger partial charge in [-0.05, 0) is 396 Å². The summed E-state index contributed by atoms with van der Waals surface area (Å²) in [5.41, 5.74) is 0. The van der Waals surface area contributed by atoms with Gasteiger partial charge in [0, 0.05) is 17.9 Å². The van der Waals surface area contributed by atoms with Crippen LogP contribution in [-0.2, 0) is 0 Å². The molecule has 0 aromatic heterocycles. The maximum absolute atomic E-state index is 9.26. The van der Waals surface area contributed by atoms with Crippen molar-refractivity contribution in [1.29, 1.82) is 5.26 Å². The van der Waals surface area contributed by atoms with Crippen LogP contribution in [0.25, 0.3) is 0 Å². The molecule has 0 aromatic carbocycles. The molecule has 0 heterocycles. The van der Waals surface area contributed by atoms with E-state index in [0.717, 1.165) is 189 Å². The van der Waals surface area contributed by atoms with Crippen molar-refractivity contribution in [3.05, 3.63) is 12.2 Å². The van der Waals surface area contributed by atoms with Crippen LogP contribution in [0.1, 0.15) is 480 Å². The smallest absolute Gasteiger partial charge is 0.0658 e. The fraction of sp³-hybridized carbons (Fsp3) is 0.975. The average Bonchev–Trinajstić information content (AvgIpc) is 1.53. The van der Waals surface area contributed by atoms with Gasteiger partial charge in [0.1, 0.15) is 0 Å².